The van der Waals surface area contributed by atoms with E-state index in [0.717, 1.165) is 29.7 Å². The highest BCUT2D eigenvalue weighted by molar-refractivity contribution is 5.67. The van der Waals surface area contributed by atoms with Crippen LogP contribution in [0.25, 0.3) is 22.4 Å². The quantitative estimate of drug-likeness (QED) is 0.735. The van der Waals surface area contributed by atoms with Crippen molar-refractivity contribution in [2.75, 3.05) is 0 Å². The molecule has 0 aliphatic carbocycles. The molecule has 0 spiro atoms. The summed E-state index contributed by atoms with van der Waals surface area (Å²) in [7, 11) is 0. The Hall–Kier alpha value is -2.61. The van der Waals surface area contributed by atoms with Crippen molar-refractivity contribution in [2.24, 2.45) is 0 Å². The first-order valence-electron chi connectivity index (χ1n) is 8.13. The summed E-state index contributed by atoms with van der Waals surface area (Å²) in [6, 6.07) is 20.4. The molecule has 1 aromatic heterocycles. The Labute approximate surface area is 136 Å². The van der Waals surface area contributed by atoms with Gasteiger partial charge in [0.25, 0.3) is 5.56 Å². The van der Waals surface area contributed by atoms with Crippen molar-refractivity contribution < 1.29 is 0 Å². The van der Waals surface area contributed by atoms with Gasteiger partial charge in [0.1, 0.15) is 0 Å². The summed E-state index contributed by atoms with van der Waals surface area (Å²) >= 11 is 0. The number of nitrogens with one attached hydrogen (secondary N) is 1. The molecule has 0 aliphatic heterocycles. The average molecular weight is 303 g/mol. The van der Waals surface area contributed by atoms with Crippen LogP contribution in [0.1, 0.15) is 25.0 Å². The summed E-state index contributed by atoms with van der Waals surface area (Å²) in [6.07, 6.45) is 2.02. The molecule has 2 nitrogen and oxygen atoms in total. The van der Waals surface area contributed by atoms with Gasteiger partial charge in [0.15, 0.2) is 0 Å². The van der Waals surface area contributed by atoms with Gasteiger partial charge in [-0.15, -0.1) is 0 Å². The van der Waals surface area contributed by atoms with E-state index >= 15 is 0 Å². The average Bonchev–Trinajstić information content (AvgIpc) is 2.62. The molecule has 0 saturated carbocycles. The van der Waals surface area contributed by atoms with Crippen molar-refractivity contribution in [3.63, 3.8) is 0 Å². The van der Waals surface area contributed by atoms with Crippen LogP contribution in [0.5, 0.6) is 0 Å². The number of hydrogen-bond donors (Lipinski definition) is 1. The van der Waals surface area contributed by atoms with Crippen LogP contribution in [0.3, 0.4) is 0 Å². The molecular weight excluding hydrogens is 282 g/mol. The van der Waals surface area contributed by atoms with E-state index in [0.29, 0.717) is 5.56 Å². The van der Waals surface area contributed by atoms with Crippen molar-refractivity contribution in [2.45, 2.75) is 26.7 Å². The fourth-order valence-electron chi connectivity index (χ4n) is 2.71. The van der Waals surface area contributed by atoms with E-state index in [9.17, 15) is 4.79 Å². The smallest absolute Gasteiger partial charge is 0.256 e. The Bertz CT molecular complexity index is 842. The molecule has 0 amide bonds. The van der Waals surface area contributed by atoms with Crippen molar-refractivity contribution >= 4 is 0 Å². The second-order valence-corrected chi connectivity index (χ2v) is 5.72. The van der Waals surface area contributed by atoms with Crippen LogP contribution >= 0.6 is 0 Å². The Morgan fingerprint density at radius 1 is 0.696 bits per heavy atom. The van der Waals surface area contributed by atoms with Crippen LogP contribution in [-0.4, -0.2) is 4.98 Å². The number of pyridine rings is 1. The van der Waals surface area contributed by atoms with Gasteiger partial charge in [-0.1, -0.05) is 62.4 Å². The molecule has 3 rings (SSSR count). The zero-order valence-electron chi connectivity index (χ0n) is 13.6. The van der Waals surface area contributed by atoms with Gasteiger partial charge in [-0.2, -0.15) is 0 Å². The Kier molecular flexibility index (Phi) is 4.42. The van der Waals surface area contributed by atoms with Crippen LogP contribution in [0.4, 0.5) is 0 Å². The van der Waals surface area contributed by atoms with Crippen LogP contribution < -0.4 is 5.56 Å². The monoisotopic (exact) mass is 303 g/mol. The molecule has 116 valence electrons. The molecule has 23 heavy (non-hydrogen) atoms. The third-order valence-corrected chi connectivity index (χ3v) is 4.26. The molecule has 0 bridgehead atoms. The van der Waals surface area contributed by atoms with Gasteiger partial charge in [0.2, 0.25) is 0 Å². The topological polar surface area (TPSA) is 32.9 Å². The van der Waals surface area contributed by atoms with E-state index < -0.39 is 0 Å². The summed E-state index contributed by atoms with van der Waals surface area (Å²) in [5.41, 5.74) is 6.07. The lowest BCUT2D eigenvalue weighted by atomic mass is 10.0. The fourth-order valence-corrected chi connectivity index (χ4v) is 2.71. The van der Waals surface area contributed by atoms with Gasteiger partial charge >= 0.3 is 0 Å². The number of rotatable bonds is 4. The maximum absolute atomic E-state index is 12.4. The second kappa shape index (κ2) is 6.66. The van der Waals surface area contributed by atoms with E-state index in [1.54, 1.807) is 0 Å². The molecule has 1 heterocycles. The van der Waals surface area contributed by atoms with E-state index in [-0.39, 0.29) is 5.56 Å². The predicted molar refractivity (Wildman–Crippen MR) is 96.7 cm³/mol. The van der Waals surface area contributed by atoms with Crippen LogP contribution in [0.2, 0.25) is 0 Å². The third-order valence-electron chi connectivity index (χ3n) is 4.26. The number of hydrogen-bond acceptors (Lipinski definition) is 1. The van der Waals surface area contributed by atoms with Gasteiger partial charge in [-0.3, -0.25) is 4.79 Å². The zero-order valence-corrected chi connectivity index (χ0v) is 13.6. The lowest BCUT2D eigenvalue weighted by Gasteiger charge is -2.06. The summed E-state index contributed by atoms with van der Waals surface area (Å²) in [5.74, 6) is 0. The van der Waals surface area contributed by atoms with Crippen molar-refractivity contribution in [3.8, 4) is 22.4 Å². The lowest BCUT2D eigenvalue weighted by Crippen LogP contribution is -2.09. The highest BCUT2D eigenvalue weighted by Crippen LogP contribution is 2.21. The maximum atomic E-state index is 12.4. The standard InChI is InChI=1S/C21H21NO/c1-3-15-5-9-17(10-6-15)19-13-14-20(22-21(19)23)18-11-7-16(4-2)8-12-18/h5-14H,3-4H2,1-2H3,(H,22,23). The van der Waals surface area contributed by atoms with E-state index in [2.05, 4.69) is 55.2 Å². The fraction of sp³-hybridized carbons (Fsp3) is 0.190. The van der Waals surface area contributed by atoms with E-state index in [1.165, 1.54) is 11.1 Å². The van der Waals surface area contributed by atoms with Crippen molar-refractivity contribution in [1.82, 2.24) is 4.98 Å². The number of benzene rings is 2. The minimum Gasteiger partial charge on any atom is -0.321 e. The summed E-state index contributed by atoms with van der Waals surface area (Å²) < 4.78 is 0. The third kappa shape index (κ3) is 3.26. The lowest BCUT2D eigenvalue weighted by molar-refractivity contribution is 1.14. The van der Waals surface area contributed by atoms with Crippen LogP contribution in [0.15, 0.2) is 65.5 Å². The van der Waals surface area contributed by atoms with E-state index in [4.69, 9.17) is 0 Å². The van der Waals surface area contributed by atoms with Crippen molar-refractivity contribution in [3.05, 3.63) is 82.1 Å². The van der Waals surface area contributed by atoms with Gasteiger partial charge in [0, 0.05) is 11.3 Å². The molecule has 0 saturated heterocycles. The zero-order chi connectivity index (χ0) is 16.2. The molecule has 1 N–H and O–H groups in total. The maximum Gasteiger partial charge on any atom is 0.256 e. The molecule has 3 aromatic rings. The van der Waals surface area contributed by atoms with Crippen LogP contribution in [-0.2, 0) is 12.8 Å². The number of aryl methyl sites for hydroxylation is 2. The molecule has 0 atom stereocenters. The molecule has 2 aromatic carbocycles. The summed E-state index contributed by atoms with van der Waals surface area (Å²) in [5, 5.41) is 0. The highest BCUT2D eigenvalue weighted by Gasteiger charge is 2.06. The Balaban J connectivity index is 1.94. The van der Waals surface area contributed by atoms with Crippen molar-refractivity contribution in [1.29, 1.82) is 0 Å². The Morgan fingerprint density at radius 3 is 1.70 bits per heavy atom. The molecule has 0 radical (unpaired) electrons. The number of aromatic amines is 1. The first kappa shape index (κ1) is 15.3. The minimum absolute atomic E-state index is 0.0497. The summed E-state index contributed by atoms with van der Waals surface area (Å²) in [4.78, 5) is 15.4. The van der Waals surface area contributed by atoms with Gasteiger partial charge in [-0.05, 0) is 47.2 Å². The second-order valence-electron chi connectivity index (χ2n) is 5.72. The normalized spacial score (nSPS) is 10.7. The molecule has 2 heteroatoms. The summed E-state index contributed by atoms with van der Waals surface area (Å²) in [6.45, 7) is 4.26. The van der Waals surface area contributed by atoms with Gasteiger partial charge in [-0.25, -0.2) is 0 Å². The first-order chi connectivity index (χ1) is 11.2. The molecular formula is C21H21NO. The highest BCUT2D eigenvalue weighted by atomic mass is 16.1. The molecule has 0 unspecified atom stereocenters. The first-order valence-corrected chi connectivity index (χ1v) is 8.13. The van der Waals surface area contributed by atoms with Gasteiger partial charge < -0.3 is 4.98 Å². The predicted octanol–water partition coefficient (Wildman–Crippen LogP) is 4.83. The molecule has 0 fully saturated rings. The minimum atomic E-state index is -0.0497. The van der Waals surface area contributed by atoms with Gasteiger partial charge in [0.05, 0.1) is 0 Å². The van der Waals surface area contributed by atoms with E-state index in [1.807, 2.05) is 24.3 Å². The number of H-pyrrole nitrogens is 1. The largest absolute Gasteiger partial charge is 0.321 e. The van der Waals surface area contributed by atoms with Crippen LogP contribution in [0, 0.1) is 0 Å². The molecule has 0 aliphatic rings. The Morgan fingerprint density at radius 2 is 1.22 bits per heavy atom. The SMILES string of the molecule is CCc1ccc(-c2ccc(-c3ccc(CC)cc3)c(=O)[nH]2)cc1. The number of aromatic nitrogens is 1.